The fourth-order valence-electron chi connectivity index (χ4n) is 3.42. The lowest BCUT2D eigenvalue weighted by Gasteiger charge is -2.16. The molecule has 4 N–H and O–H groups in total. The Morgan fingerprint density at radius 2 is 2.27 bits per heavy atom. The zero-order valence-electron chi connectivity index (χ0n) is 18.8. The summed E-state index contributed by atoms with van der Waals surface area (Å²) in [6, 6.07) is 7.09. The molecular formula is C24H27N5O4. The molecular weight excluding hydrogens is 422 g/mol. The van der Waals surface area contributed by atoms with E-state index in [1.54, 1.807) is 24.4 Å². The minimum Gasteiger partial charge on any atom is -0.489 e. The van der Waals surface area contributed by atoms with Crippen LogP contribution in [0, 0.1) is 18.3 Å². The summed E-state index contributed by atoms with van der Waals surface area (Å²) in [7, 11) is 0. The van der Waals surface area contributed by atoms with Gasteiger partial charge >= 0.3 is 5.97 Å². The van der Waals surface area contributed by atoms with Gasteiger partial charge in [0.2, 0.25) is 0 Å². The van der Waals surface area contributed by atoms with Crippen molar-refractivity contribution in [3.63, 3.8) is 0 Å². The van der Waals surface area contributed by atoms with Crippen LogP contribution in [-0.2, 0) is 11.3 Å². The number of carbonyl (C=O) groups is 1. The number of aliphatic hydroxyl groups is 1. The number of aromatic nitrogens is 1. The number of pyridine rings is 1. The van der Waals surface area contributed by atoms with Gasteiger partial charge in [0.1, 0.15) is 24.0 Å². The van der Waals surface area contributed by atoms with E-state index in [1.807, 2.05) is 26.8 Å². The molecule has 0 aliphatic carbocycles. The van der Waals surface area contributed by atoms with Crippen LogP contribution in [0.25, 0.3) is 0 Å². The van der Waals surface area contributed by atoms with Gasteiger partial charge in [0.05, 0.1) is 24.0 Å². The van der Waals surface area contributed by atoms with Crippen LogP contribution in [0.3, 0.4) is 0 Å². The lowest BCUT2D eigenvalue weighted by Crippen LogP contribution is -2.25. The molecule has 0 saturated heterocycles. The highest BCUT2D eigenvalue weighted by Gasteiger charge is 2.25. The van der Waals surface area contributed by atoms with E-state index < -0.39 is 6.10 Å². The molecule has 9 nitrogen and oxygen atoms in total. The summed E-state index contributed by atoms with van der Waals surface area (Å²) in [4.78, 5) is 20.2. The Balaban J connectivity index is 1.60. The van der Waals surface area contributed by atoms with Crippen LogP contribution in [0.5, 0.6) is 5.75 Å². The molecule has 9 heteroatoms. The van der Waals surface area contributed by atoms with Crippen molar-refractivity contribution in [1.82, 2.24) is 10.3 Å². The minimum absolute atomic E-state index is 0.0891. The maximum atomic E-state index is 11.7. The molecule has 0 fully saturated rings. The third kappa shape index (κ3) is 5.74. The van der Waals surface area contributed by atoms with Crippen molar-refractivity contribution in [1.29, 1.82) is 5.26 Å². The van der Waals surface area contributed by atoms with E-state index in [1.165, 1.54) is 12.4 Å². The Kier molecular flexibility index (Phi) is 7.77. The monoisotopic (exact) mass is 449 g/mol. The third-order valence-corrected chi connectivity index (χ3v) is 5.15. The topological polar surface area (TPSA) is 143 Å². The van der Waals surface area contributed by atoms with E-state index >= 15 is 0 Å². The lowest BCUT2D eigenvalue weighted by molar-refractivity contribution is 0.0535. The molecule has 172 valence electrons. The zero-order valence-corrected chi connectivity index (χ0v) is 18.8. The van der Waals surface area contributed by atoms with E-state index in [0.717, 1.165) is 16.7 Å². The molecule has 2 aromatic rings. The highest BCUT2D eigenvalue weighted by atomic mass is 16.5. The molecule has 1 atom stereocenters. The summed E-state index contributed by atoms with van der Waals surface area (Å²) in [6.45, 7) is 6.50. The molecule has 0 spiro atoms. The Hall–Kier alpha value is -3.74. The molecule has 0 bridgehead atoms. The van der Waals surface area contributed by atoms with Crippen molar-refractivity contribution in [2.45, 2.75) is 39.6 Å². The highest BCUT2D eigenvalue weighted by molar-refractivity contribution is 5.94. The van der Waals surface area contributed by atoms with Crippen molar-refractivity contribution in [2.75, 3.05) is 13.1 Å². The number of aliphatic hydroxyl groups excluding tert-OH is 1. The number of nitrogens with zero attached hydrogens (tertiary/aromatic N) is 3. The summed E-state index contributed by atoms with van der Waals surface area (Å²) >= 11 is 0. The van der Waals surface area contributed by atoms with Gasteiger partial charge in [0.15, 0.2) is 5.82 Å². The molecule has 0 radical (unpaired) electrons. The van der Waals surface area contributed by atoms with E-state index in [2.05, 4.69) is 15.3 Å². The average Bonchev–Trinajstić information content (AvgIpc) is 3.17. The number of aliphatic imine (C=N–C) groups is 1. The van der Waals surface area contributed by atoms with E-state index in [0.29, 0.717) is 34.8 Å². The molecule has 1 aromatic heterocycles. The van der Waals surface area contributed by atoms with Gasteiger partial charge in [-0.2, -0.15) is 5.26 Å². The van der Waals surface area contributed by atoms with Gasteiger partial charge in [-0.25, -0.2) is 14.8 Å². The Labute approximate surface area is 192 Å². The zero-order chi connectivity index (χ0) is 24.0. The molecule has 33 heavy (non-hydrogen) atoms. The number of cyclic esters (lactones) is 1. The first-order valence-electron chi connectivity index (χ1n) is 10.5. The maximum Gasteiger partial charge on any atom is 0.338 e. The predicted molar refractivity (Wildman–Crippen MR) is 123 cm³/mol. The van der Waals surface area contributed by atoms with Crippen molar-refractivity contribution < 1.29 is 19.4 Å². The van der Waals surface area contributed by atoms with Gasteiger partial charge in [-0.05, 0) is 49.7 Å². The number of rotatable bonds is 9. The minimum atomic E-state index is -0.766. The van der Waals surface area contributed by atoms with Gasteiger partial charge in [-0.3, -0.25) is 0 Å². The van der Waals surface area contributed by atoms with Crippen LogP contribution in [0.2, 0.25) is 0 Å². The number of benzene rings is 1. The summed E-state index contributed by atoms with van der Waals surface area (Å²) < 4.78 is 10.7. The molecule has 3 rings (SSSR count). The Bertz CT molecular complexity index is 1130. The molecule has 1 aliphatic rings. The maximum absolute atomic E-state index is 11.7. The van der Waals surface area contributed by atoms with Crippen LogP contribution in [0.1, 0.15) is 52.6 Å². The first-order valence-corrected chi connectivity index (χ1v) is 10.5. The van der Waals surface area contributed by atoms with Crippen LogP contribution >= 0.6 is 0 Å². The summed E-state index contributed by atoms with van der Waals surface area (Å²) in [5.41, 5.74) is 9.71. The van der Waals surface area contributed by atoms with E-state index in [9.17, 15) is 15.2 Å². The first-order chi connectivity index (χ1) is 15.8. The van der Waals surface area contributed by atoms with Crippen molar-refractivity contribution in [3.8, 4) is 11.8 Å². The SMILES string of the molecule is Cc1c([C@@H](O)CNCC(C=Nc2cc(OC(C)C)c(C#N)cn2)=CN)ccc2c1COC2=O. The third-order valence-electron chi connectivity index (χ3n) is 5.15. The number of fused-ring (bicyclic) bond motifs is 1. The summed E-state index contributed by atoms with van der Waals surface area (Å²) in [6.07, 6.45) is 3.55. The van der Waals surface area contributed by atoms with Gasteiger partial charge < -0.3 is 25.6 Å². The predicted octanol–water partition coefficient (Wildman–Crippen LogP) is 2.59. The van der Waals surface area contributed by atoms with Gasteiger partial charge in [-0.1, -0.05) is 6.07 Å². The fraction of sp³-hybridized carbons (Fsp3) is 0.333. The summed E-state index contributed by atoms with van der Waals surface area (Å²) in [5, 5.41) is 23.0. The number of hydrogen-bond donors (Lipinski definition) is 3. The number of hydrogen-bond acceptors (Lipinski definition) is 9. The van der Waals surface area contributed by atoms with Crippen molar-refractivity contribution >= 4 is 18.0 Å². The van der Waals surface area contributed by atoms with Crippen LogP contribution < -0.4 is 15.8 Å². The lowest BCUT2D eigenvalue weighted by atomic mass is 9.95. The molecule has 1 aliphatic heterocycles. The Morgan fingerprint density at radius 3 is 2.97 bits per heavy atom. The second-order valence-corrected chi connectivity index (χ2v) is 7.85. The second kappa shape index (κ2) is 10.7. The Morgan fingerprint density at radius 1 is 1.48 bits per heavy atom. The number of nitrogens with one attached hydrogen (secondary N) is 1. The number of nitriles is 1. The van der Waals surface area contributed by atoms with Gasteiger partial charge in [0, 0.05) is 30.9 Å². The van der Waals surface area contributed by atoms with Crippen molar-refractivity contribution in [2.24, 2.45) is 10.7 Å². The number of esters is 1. The largest absolute Gasteiger partial charge is 0.489 e. The number of ether oxygens (including phenoxy) is 2. The molecule has 0 unspecified atom stereocenters. The van der Waals surface area contributed by atoms with Gasteiger partial charge in [0.25, 0.3) is 0 Å². The van der Waals surface area contributed by atoms with Crippen molar-refractivity contribution in [3.05, 3.63) is 64.0 Å². The number of carbonyl (C=O) groups excluding carboxylic acids is 1. The summed E-state index contributed by atoms with van der Waals surface area (Å²) in [5.74, 6) is 0.476. The van der Waals surface area contributed by atoms with Crippen LogP contribution in [0.4, 0.5) is 5.82 Å². The fourth-order valence-corrected chi connectivity index (χ4v) is 3.42. The van der Waals surface area contributed by atoms with Crippen LogP contribution in [0.15, 0.2) is 41.2 Å². The molecule has 2 heterocycles. The van der Waals surface area contributed by atoms with E-state index in [4.69, 9.17) is 15.2 Å². The van der Waals surface area contributed by atoms with Gasteiger partial charge in [-0.15, -0.1) is 0 Å². The molecule has 1 aromatic carbocycles. The smallest absolute Gasteiger partial charge is 0.338 e. The number of nitrogens with two attached hydrogens (primary N) is 1. The van der Waals surface area contributed by atoms with Crippen LogP contribution in [-0.4, -0.2) is 41.5 Å². The molecule has 0 amide bonds. The quantitative estimate of drug-likeness (QED) is 0.392. The highest BCUT2D eigenvalue weighted by Crippen LogP contribution is 2.29. The normalized spacial score (nSPS) is 14.3. The van der Waals surface area contributed by atoms with E-state index in [-0.39, 0.29) is 25.2 Å². The average molecular weight is 450 g/mol. The molecule has 0 saturated carbocycles. The standard InChI is InChI=1S/C24H27N5O4/c1-14(2)33-22-6-23(29-11-17(22)8-26)28-10-16(7-25)9-27-12-21(30)18-4-5-19-20(15(18)3)13-32-24(19)31/h4-7,10-11,14,21,27,30H,9,12-13,25H2,1-3H3/t21-/m0/s1. The first kappa shape index (κ1) is 23.9. The second-order valence-electron chi connectivity index (χ2n) is 7.85.